The highest BCUT2D eigenvalue weighted by Gasteiger charge is 2.13. The van der Waals surface area contributed by atoms with Gasteiger partial charge in [0.05, 0.1) is 0 Å². The van der Waals surface area contributed by atoms with Crippen molar-refractivity contribution in [2.45, 2.75) is 51.1 Å². The first kappa shape index (κ1) is 14.9. The highest BCUT2D eigenvalue weighted by atomic mass is 15.1. The average Bonchev–Trinajstić information content (AvgIpc) is 2.96. The SMILES string of the molecule is NC(=NCCCn1ccc2ccccc21)NC1CCCCC1. The van der Waals surface area contributed by atoms with E-state index < -0.39 is 0 Å². The minimum absolute atomic E-state index is 0.533. The molecule has 4 heteroatoms. The van der Waals surface area contributed by atoms with E-state index in [9.17, 15) is 0 Å². The number of nitrogens with one attached hydrogen (secondary N) is 1. The smallest absolute Gasteiger partial charge is 0.188 e. The molecule has 0 spiro atoms. The summed E-state index contributed by atoms with van der Waals surface area (Å²) in [4.78, 5) is 4.47. The summed E-state index contributed by atoms with van der Waals surface area (Å²) in [5.41, 5.74) is 7.28. The largest absolute Gasteiger partial charge is 0.370 e. The summed E-state index contributed by atoms with van der Waals surface area (Å²) in [6.07, 6.45) is 9.60. The van der Waals surface area contributed by atoms with E-state index in [1.54, 1.807) is 0 Å². The van der Waals surface area contributed by atoms with Gasteiger partial charge in [0.2, 0.25) is 0 Å². The molecule has 2 aromatic rings. The van der Waals surface area contributed by atoms with Gasteiger partial charge in [-0.2, -0.15) is 0 Å². The predicted molar refractivity (Wildman–Crippen MR) is 93.1 cm³/mol. The molecule has 1 aliphatic rings. The van der Waals surface area contributed by atoms with E-state index in [1.807, 2.05) is 0 Å². The van der Waals surface area contributed by atoms with Crippen molar-refractivity contribution in [2.24, 2.45) is 10.7 Å². The summed E-state index contributed by atoms with van der Waals surface area (Å²) in [6, 6.07) is 11.2. The van der Waals surface area contributed by atoms with Crippen LogP contribution in [0, 0.1) is 0 Å². The van der Waals surface area contributed by atoms with Gasteiger partial charge < -0.3 is 15.6 Å². The first-order chi connectivity index (χ1) is 10.8. The molecule has 0 atom stereocenters. The fourth-order valence-corrected chi connectivity index (χ4v) is 3.28. The first-order valence-electron chi connectivity index (χ1n) is 8.43. The zero-order valence-corrected chi connectivity index (χ0v) is 13.2. The second-order valence-electron chi connectivity index (χ2n) is 6.17. The Morgan fingerprint density at radius 3 is 2.86 bits per heavy atom. The van der Waals surface area contributed by atoms with Crippen LogP contribution in [0.3, 0.4) is 0 Å². The number of hydrogen-bond donors (Lipinski definition) is 2. The van der Waals surface area contributed by atoms with Crippen LogP contribution >= 0.6 is 0 Å². The van der Waals surface area contributed by atoms with Crippen molar-refractivity contribution in [3.63, 3.8) is 0 Å². The van der Waals surface area contributed by atoms with E-state index in [0.717, 1.165) is 19.5 Å². The lowest BCUT2D eigenvalue weighted by Crippen LogP contribution is -2.41. The molecule has 1 saturated carbocycles. The van der Waals surface area contributed by atoms with Crippen molar-refractivity contribution >= 4 is 16.9 Å². The molecule has 1 aromatic carbocycles. The minimum Gasteiger partial charge on any atom is -0.370 e. The van der Waals surface area contributed by atoms with Gasteiger partial charge in [-0.1, -0.05) is 37.5 Å². The Morgan fingerprint density at radius 1 is 1.18 bits per heavy atom. The third-order valence-corrected chi connectivity index (χ3v) is 4.48. The number of hydrogen-bond acceptors (Lipinski definition) is 1. The number of benzene rings is 1. The predicted octanol–water partition coefficient (Wildman–Crippen LogP) is 3.27. The molecule has 3 rings (SSSR count). The molecule has 0 bridgehead atoms. The molecule has 4 nitrogen and oxygen atoms in total. The van der Waals surface area contributed by atoms with Crippen LogP contribution in [0.5, 0.6) is 0 Å². The van der Waals surface area contributed by atoms with E-state index in [4.69, 9.17) is 5.73 Å². The van der Waals surface area contributed by atoms with Crippen LogP contribution in [0.25, 0.3) is 10.9 Å². The molecule has 0 amide bonds. The lowest BCUT2D eigenvalue weighted by Gasteiger charge is -2.23. The number of aromatic nitrogens is 1. The highest BCUT2D eigenvalue weighted by molar-refractivity contribution is 5.80. The molecular formula is C18H26N4. The van der Waals surface area contributed by atoms with Crippen LogP contribution in [-0.2, 0) is 6.54 Å². The van der Waals surface area contributed by atoms with Crippen molar-refractivity contribution in [3.8, 4) is 0 Å². The Bertz CT molecular complexity index is 623. The lowest BCUT2D eigenvalue weighted by atomic mass is 9.96. The van der Waals surface area contributed by atoms with E-state index in [0.29, 0.717) is 12.0 Å². The number of para-hydroxylation sites is 1. The molecule has 0 unspecified atom stereocenters. The maximum atomic E-state index is 5.99. The fourth-order valence-electron chi connectivity index (χ4n) is 3.28. The third kappa shape index (κ3) is 3.81. The summed E-state index contributed by atoms with van der Waals surface area (Å²) >= 11 is 0. The van der Waals surface area contributed by atoms with Gasteiger partial charge in [-0.3, -0.25) is 4.99 Å². The monoisotopic (exact) mass is 298 g/mol. The maximum absolute atomic E-state index is 5.99. The number of fused-ring (bicyclic) bond motifs is 1. The molecule has 1 aliphatic carbocycles. The quantitative estimate of drug-likeness (QED) is 0.506. The van der Waals surface area contributed by atoms with Crippen LogP contribution in [-0.4, -0.2) is 23.1 Å². The van der Waals surface area contributed by atoms with E-state index in [2.05, 4.69) is 51.4 Å². The van der Waals surface area contributed by atoms with Gasteiger partial charge in [-0.05, 0) is 36.8 Å². The van der Waals surface area contributed by atoms with Gasteiger partial charge in [0, 0.05) is 30.8 Å². The number of nitrogens with zero attached hydrogens (tertiary/aromatic N) is 2. The summed E-state index contributed by atoms with van der Waals surface area (Å²) in [6.45, 7) is 1.76. The van der Waals surface area contributed by atoms with Gasteiger partial charge in [-0.15, -0.1) is 0 Å². The summed E-state index contributed by atoms with van der Waals surface area (Å²) < 4.78 is 2.29. The second-order valence-corrected chi connectivity index (χ2v) is 6.17. The van der Waals surface area contributed by atoms with Crippen LogP contribution in [0.1, 0.15) is 38.5 Å². The molecule has 3 N–H and O–H groups in total. The number of guanidine groups is 1. The topological polar surface area (TPSA) is 55.3 Å². The average molecular weight is 298 g/mol. The number of nitrogens with two attached hydrogens (primary N) is 1. The maximum Gasteiger partial charge on any atom is 0.188 e. The Kier molecular flexibility index (Phi) is 4.99. The van der Waals surface area contributed by atoms with E-state index in [-0.39, 0.29) is 0 Å². The van der Waals surface area contributed by atoms with Gasteiger partial charge in [-0.25, -0.2) is 0 Å². The van der Waals surface area contributed by atoms with Crippen LogP contribution in [0.4, 0.5) is 0 Å². The lowest BCUT2D eigenvalue weighted by molar-refractivity contribution is 0.412. The summed E-state index contributed by atoms with van der Waals surface area (Å²) in [5, 5.41) is 4.66. The van der Waals surface area contributed by atoms with Crippen molar-refractivity contribution in [3.05, 3.63) is 36.5 Å². The molecule has 22 heavy (non-hydrogen) atoms. The Morgan fingerprint density at radius 2 is 2.00 bits per heavy atom. The van der Waals surface area contributed by atoms with Crippen LogP contribution in [0.2, 0.25) is 0 Å². The van der Waals surface area contributed by atoms with Crippen molar-refractivity contribution in [2.75, 3.05) is 6.54 Å². The third-order valence-electron chi connectivity index (χ3n) is 4.48. The van der Waals surface area contributed by atoms with Crippen LogP contribution in [0.15, 0.2) is 41.5 Å². The van der Waals surface area contributed by atoms with Gasteiger partial charge in [0.1, 0.15) is 0 Å². The number of aliphatic imine (C=N–C) groups is 1. The van der Waals surface area contributed by atoms with Gasteiger partial charge in [0.25, 0.3) is 0 Å². The Labute approximate surface area is 132 Å². The minimum atomic E-state index is 0.533. The zero-order chi connectivity index (χ0) is 15.2. The molecule has 118 valence electrons. The Hall–Kier alpha value is -1.97. The fraction of sp³-hybridized carbons (Fsp3) is 0.500. The Balaban J connectivity index is 1.45. The molecule has 0 saturated heterocycles. The van der Waals surface area contributed by atoms with Crippen molar-refractivity contribution in [1.29, 1.82) is 0 Å². The molecule has 1 fully saturated rings. The molecular weight excluding hydrogens is 272 g/mol. The normalized spacial score (nSPS) is 17.0. The standard InChI is InChI=1S/C18H26N4/c19-18(21-16-8-2-1-3-9-16)20-12-6-13-22-14-11-15-7-4-5-10-17(15)22/h4-5,7,10-11,14,16H,1-3,6,8-9,12-13H2,(H3,19,20,21). The van der Waals surface area contributed by atoms with Crippen molar-refractivity contribution in [1.82, 2.24) is 9.88 Å². The van der Waals surface area contributed by atoms with E-state index in [1.165, 1.54) is 43.0 Å². The van der Waals surface area contributed by atoms with Crippen molar-refractivity contribution < 1.29 is 0 Å². The zero-order valence-electron chi connectivity index (χ0n) is 13.2. The van der Waals surface area contributed by atoms with E-state index >= 15 is 0 Å². The molecule has 0 aliphatic heterocycles. The number of rotatable bonds is 5. The summed E-state index contributed by atoms with van der Waals surface area (Å²) in [5.74, 6) is 0.615. The summed E-state index contributed by atoms with van der Waals surface area (Å²) in [7, 11) is 0. The van der Waals surface area contributed by atoms with Crippen LogP contribution < -0.4 is 11.1 Å². The van der Waals surface area contributed by atoms with Gasteiger partial charge >= 0.3 is 0 Å². The first-order valence-corrected chi connectivity index (χ1v) is 8.43. The molecule has 0 radical (unpaired) electrons. The highest BCUT2D eigenvalue weighted by Crippen LogP contribution is 2.17. The molecule has 1 heterocycles. The van der Waals surface area contributed by atoms with Gasteiger partial charge in [0.15, 0.2) is 5.96 Å². The second kappa shape index (κ2) is 7.34. The molecule has 1 aromatic heterocycles. The number of aryl methyl sites for hydroxylation is 1.